The molecule has 0 saturated carbocycles. The third kappa shape index (κ3) is 6.96. The quantitative estimate of drug-likeness (QED) is 0.521. The fraction of sp³-hybridized carbons (Fsp3) is 0.400. The lowest BCUT2D eigenvalue weighted by Gasteiger charge is -2.13. The predicted molar refractivity (Wildman–Crippen MR) is 96.0 cm³/mol. The molecule has 6 nitrogen and oxygen atoms in total. The van der Waals surface area contributed by atoms with Gasteiger partial charge in [0.25, 0.3) is 5.91 Å². The van der Waals surface area contributed by atoms with Crippen molar-refractivity contribution in [2.24, 2.45) is 0 Å². The average Bonchev–Trinajstić information content (AvgIpc) is 2.51. The second-order valence-electron chi connectivity index (χ2n) is 5.04. The number of amides is 2. The number of carbonyl (C=O) groups is 2. The van der Waals surface area contributed by atoms with Crippen molar-refractivity contribution in [3.63, 3.8) is 0 Å². The fourth-order valence-corrected chi connectivity index (χ4v) is 2.22. The highest BCUT2D eigenvalue weighted by Crippen LogP contribution is 2.28. The van der Waals surface area contributed by atoms with E-state index >= 15 is 0 Å². The van der Waals surface area contributed by atoms with Crippen molar-refractivity contribution in [3.8, 4) is 5.75 Å². The Bertz CT molecular complexity index is 593. The van der Waals surface area contributed by atoms with Gasteiger partial charge in [-0.25, -0.2) is 0 Å². The molecule has 0 unspecified atom stereocenters. The molecule has 1 rings (SSSR count). The van der Waals surface area contributed by atoms with Crippen molar-refractivity contribution in [3.05, 3.63) is 28.2 Å². The lowest BCUT2D eigenvalue weighted by Crippen LogP contribution is -2.49. The molecule has 126 valence electrons. The minimum absolute atomic E-state index is 0.0349. The van der Waals surface area contributed by atoms with E-state index in [2.05, 4.69) is 45.9 Å². The molecule has 1 aromatic rings. The van der Waals surface area contributed by atoms with Crippen LogP contribution in [0.25, 0.3) is 0 Å². The summed E-state index contributed by atoms with van der Waals surface area (Å²) in [5.74, 6) is 0.332. The topological polar surface area (TPSA) is 79.5 Å². The maximum absolute atomic E-state index is 11.7. The van der Waals surface area contributed by atoms with Gasteiger partial charge in [-0.05, 0) is 51.8 Å². The van der Waals surface area contributed by atoms with E-state index in [0.717, 1.165) is 4.47 Å². The van der Waals surface area contributed by atoms with Crippen LogP contribution >= 0.6 is 28.1 Å². The van der Waals surface area contributed by atoms with Crippen LogP contribution in [0.15, 0.2) is 22.7 Å². The smallest absolute Gasteiger partial charge is 0.276 e. The lowest BCUT2D eigenvalue weighted by molar-refractivity contribution is -0.124. The Hall–Kier alpha value is -1.67. The highest BCUT2D eigenvalue weighted by molar-refractivity contribution is 9.10. The van der Waals surface area contributed by atoms with E-state index in [-0.39, 0.29) is 17.6 Å². The van der Waals surface area contributed by atoms with E-state index in [1.807, 2.05) is 18.2 Å². The summed E-state index contributed by atoms with van der Waals surface area (Å²) in [4.78, 5) is 22.8. The highest BCUT2D eigenvalue weighted by Gasteiger charge is 2.09. The van der Waals surface area contributed by atoms with Crippen LogP contribution in [0.4, 0.5) is 0 Å². The molecule has 0 bridgehead atoms. The summed E-state index contributed by atoms with van der Waals surface area (Å²) >= 11 is 8.27. The molecule has 0 radical (unpaired) electrons. The van der Waals surface area contributed by atoms with Gasteiger partial charge in [-0.1, -0.05) is 26.8 Å². The first kappa shape index (κ1) is 19.4. The third-order valence-corrected chi connectivity index (χ3v) is 3.69. The van der Waals surface area contributed by atoms with E-state index in [0.29, 0.717) is 18.1 Å². The van der Waals surface area contributed by atoms with Gasteiger partial charge in [-0.3, -0.25) is 20.4 Å². The lowest BCUT2D eigenvalue weighted by atomic mass is 10.0. The first-order chi connectivity index (χ1) is 10.8. The average molecular weight is 402 g/mol. The van der Waals surface area contributed by atoms with Crippen LogP contribution in [-0.2, 0) is 9.59 Å². The second-order valence-corrected chi connectivity index (χ2v) is 6.30. The van der Waals surface area contributed by atoms with Gasteiger partial charge in [0.2, 0.25) is 5.91 Å². The number of carbonyl (C=O) groups excluding carboxylic acids is 2. The Morgan fingerprint density at radius 2 is 1.96 bits per heavy atom. The first-order valence-corrected chi connectivity index (χ1v) is 8.34. The number of nitrogens with one attached hydrogen (secondary N) is 3. The molecule has 0 spiro atoms. The van der Waals surface area contributed by atoms with Crippen LogP contribution in [0.1, 0.15) is 38.7 Å². The van der Waals surface area contributed by atoms with Crippen molar-refractivity contribution in [1.29, 1.82) is 0 Å². The molecule has 8 heteroatoms. The summed E-state index contributed by atoms with van der Waals surface area (Å²) < 4.78 is 6.23. The van der Waals surface area contributed by atoms with Gasteiger partial charge in [-0.15, -0.1) is 0 Å². The van der Waals surface area contributed by atoms with Crippen LogP contribution in [0, 0.1) is 0 Å². The normalized spacial score (nSPS) is 10.1. The number of hydrogen-bond acceptors (Lipinski definition) is 4. The molecule has 0 aromatic heterocycles. The van der Waals surface area contributed by atoms with E-state index in [4.69, 9.17) is 17.0 Å². The number of rotatable bonds is 5. The zero-order valence-corrected chi connectivity index (χ0v) is 15.6. The van der Waals surface area contributed by atoms with Gasteiger partial charge in [0.15, 0.2) is 11.7 Å². The summed E-state index contributed by atoms with van der Waals surface area (Å²) in [5.41, 5.74) is 5.95. The molecular formula is C15H20BrN3O3S. The van der Waals surface area contributed by atoms with Crippen molar-refractivity contribution in [1.82, 2.24) is 16.2 Å². The Morgan fingerprint density at radius 1 is 1.26 bits per heavy atom. The molecule has 0 heterocycles. The van der Waals surface area contributed by atoms with Crippen LogP contribution < -0.4 is 20.9 Å². The van der Waals surface area contributed by atoms with Crippen molar-refractivity contribution >= 4 is 45.1 Å². The van der Waals surface area contributed by atoms with Gasteiger partial charge in [0.05, 0.1) is 4.47 Å². The standard InChI is InChI=1S/C15H20BrN3O3S/c1-4-13(20)17-15(23)19-18-14(21)8-22-12-6-5-10(9(2)3)7-11(12)16/h5-7,9H,4,8H2,1-3H3,(H,18,21)(H2,17,19,20,23). The zero-order chi connectivity index (χ0) is 17.4. The van der Waals surface area contributed by atoms with Gasteiger partial charge < -0.3 is 10.1 Å². The monoisotopic (exact) mass is 401 g/mol. The van der Waals surface area contributed by atoms with E-state index in [1.165, 1.54) is 5.56 Å². The molecule has 0 aliphatic rings. The number of hydrogen-bond donors (Lipinski definition) is 3. The maximum atomic E-state index is 11.7. The van der Waals surface area contributed by atoms with Crippen molar-refractivity contribution in [2.45, 2.75) is 33.1 Å². The summed E-state index contributed by atoms with van der Waals surface area (Å²) in [5, 5.41) is 2.44. The molecule has 0 fully saturated rings. The highest BCUT2D eigenvalue weighted by atomic mass is 79.9. The molecule has 0 saturated heterocycles. The molecule has 0 aliphatic carbocycles. The summed E-state index contributed by atoms with van der Waals surface area (Å²) in [6.07, 6.45) is 0.305. The minimum Gasteiger partial charge on any atom is -0.483 e. The molecule has 23 heavy (non-hydrogen) atoms. The number of halogens is 1. The summed E-state index contributed by atoms with van der Waals surface area (Å²) in [7, 11) is 0. The maximum Gasteiger partial charge on any atom is 0.276 e. The van der Waals surface area contributed by atoms with Gasteiger partial charge in [-0.2, -0.15) is 0 Å². The molecule has 3 N–H and O–H groups in total. The van der Waals surface area contributed by atoms with Crippen LogP contribution in [0.5, 0.6) is 5.75 Å². The van der Waals surface area contributed by atoms with E-state index in [1.54, 1.807) is 6.92 Å². The summed E-state index contributed by atoms with van der Waals surface area (Å²) in [6, 6.07) is 5.73. The number of benzene rings is 1. The summed E-state index contributed by atoms with van der Waals surface area (Å²) in [6.45, 7) is 5.72. The Morgan fingerprint density at radius 3 is 2.52 bits per heavy atom. The SMILES string of the molecule is CCC(=O)NC(=S)NNC(=O)COc1ccc(C(C)C)cc1Br. The van der Waals surface area contributed by atoms with E-state index in [9.17, 15) is 9.59 Å². The molecule has 0 atom stereocenters. The van der Waals surface area contributed by atoms with Gasteiger partial charge in [0, 0.05) is 6.42 Å². The van der Waals surface area contributed by atoms with Crippen LogP contribution in [-0.4, -0.2) is 23.5 Å². The van der Waals surface area contributed by atoms with Crippen LogP contribution in [0.2, 0.25) is 0 Å². The fourth-order valence-electron chi connectivity index (χ4n) is 1.55. The molecule has 2 amide bonds. The number of thiocarbonyl (C=S) groups is 1. The first-order valence-electron chi connectivity index (χ1n) is 7.14. The van der Waals surface area contributed by atoms with Crippen molar-refractivity contribution < 1.29 is 14.3 Å². The third-order valence-electron chi connectivity index (χ3n) is 2.87. The van der Waals surface area contributed by atoms with Crippen molar-refractivity contribution in [2.75, 3.05) is 6.61 Å². The van der Waals surface area contributed by atoms with Crippen LogP contribution in [0.3, 0.4) is 0 Å². The zero-order valence-electron chi connectivity index (χ0n) is 13.2. The Labute approximate surface area is 149 Å². The number of hydrazine groups is 1. The van der Waals surface area contributed by atoms with Gasteiger partial charge in [0.1, 0.15) is 5.75 Å². The largest absolute Gasteiger partial charge is 0.483 e. The molecular weight excluding hydrogens is 382 g/mol. The van der Waals surface area contributed by atoms with Gasteiger partial charge >= 0.3 is 0 Å². The Balaban J connectivity index is 2.42. The van der Waals surface area contributed by atoms with E-state index < -0.39 is 5.91 Å². The second kappa shape index (κ2) is 9.46. The Kier molecular flexibility index (Phi) is 7.97. The minimum atomic E-state index is -0.419. The number of ether oxygens (including phenoxy) is 1. The molecule has 1 aromatic carbocycles. The predicted octanol–water partition coefficient (Wildman–Crippen LogP) is 2.38. The molecule has 0 aliphatic heterocycles.